The van der Waals surface area contributed by atoms with Crippen LogP contribution in [0.2, 0.25) is 0 Å². The molecule has 0 aromatic heterocycles. The lowest BCUT2D eigenvalue weighted by Gasteiger charge is -2.39. The van der Waals surface area contributed by atoms with Crippen LogP contribution in [-0.4, -0.2) is 61.8 Å². The topological polar surface area (TPSA) is 15.7 Å². The Morgan fingerprint density at radius 1 is 0.630 bits per heavy atom. The first-order chi connectivity index (χ1) is 13.3. The molecule has 1 heterocycles. The summed E-state index contributed by atoms with van der Waals surface area (Å²) in [5.41, 5.74) is 0. The maximum Gasteiger partial charge on any atom is 0.0466 e. The molecule has 27 heavy (non-hydrogen) atoms. The van der Waals surface area contributed by atoms with Crippen LogP contribution in [0.4, 0.5) is 0 Å². The molecular formula is C24H50N2O. The molecule has 0 amide bonds. The molecule has 0 unspecified atom stereocenters. The SMILES string of the molecule is CCCCCOCCCCN1CCN(C(CCCCC)CCCCC)CC1. The Morgan fingerprint density at radius 3 is 1.70 bits per heavy atom. The molecule has 3 heteroatoms. The normalized spacial score (nSPS) is 16.4. The number of ether oxygens (including phenoxy) is 1. The van der Waals surface area contributed by atoms with Gasteiger partial charge in [0.05, 0.1) is 0 Å². The van der Waals surface area contributed by atoms with Crippen molar-refractivity contribution in [3.63, 3.8) is 0 Å². The highest BCUT2D eigenvalue weighted by Gasteiger charge is 2.22. The molecule has 1 aliphatic rings. The summed E-state index contributed by atoms with van der Waals surface area (Å²) in [4.78, 5) is 5.50. The van der Waals surface area contributed by atoms with Crippen molar-refractivity contribution in [3.8, 4) is 0 Å². The lowest BCUT2D eigenvalue weighted by Crippen LogP contribution is -2.50. The molecule has 0 aromatic carbocycles. The van der Waals surface area contributed by atoms with Gasteiger partial charge in [0.25, 0.3) is 0 Å². The Bertz CT molecular complexity index is 293. The second-order valence-electron chi connectivity index (χ2n) is 8.55. The van der Waals surface area contributed by atoms with Gasteiger partial charge in [-0.15, -0.1) is 0 Å². The van der Waals surface area contributed by atoms with Gasteiger partial charge in [-0.1, -0.05) is 72.1 Å². The lowest BCUT2D eigenvalue weighted by atomic mass is 9.99. The highest BCUT2D eigenvalue weighted by molar-refractivity contribution is 4.79. The van der Waals surface area contributed by atoms with Gasteiger partial charge in [-0.3, -0.25) is 4.90 Å². The van der Waals surface area contributed by atoms with Crippen molar-refractivity contribution in [2.24, 2.45) is 0 Å². The zero-order valence-electron chi connectivity index (χ0n) is 19.0. The van der Waals surface area contributed by atoms with Crippen LogP contribution < -0.4 is 0 Å². The van der Waals surface area contributed by atoms with Crippen molar-refractivity contribution in [1.82, 2.24) is 9.80 Å². The van der Waals surface area contributed by atoms with Crippen LogP contribution >= 0.6 is 0 Å². The summed E-state index contributed by atoms with van der Waals surface area (Å²) in [5.74, 6) is 0. The first kappa shape index (κ1) is 24.9. The lowest BCUT2D eigenvalue weighted by molar-refractivity contribution is 0.0807. The molecule has 3 nitrogen and oxygen atoms in total. The molecular weight excluding hydrogens is 332 g/mol. The van der Waals surface area contributed by atoms with E-state index in [1.807, 2.05) is 0 Å². The Kier molecular flexibility index (Phi) is 16.6. The zero-order chi connectivity index (χ0) is 19.6. The summed E-state index contributed by atoms with van der Waals surface area (Å²) in [6.07, 6.45) is 17.5. The van der Waals surface area contributed by atoms with Gasteiger partial charge in [-0.05, 0) is 38.6 Å². The van der Waals surface area contributed by atoms with Gasteiger partial charge in [0.2, 0.25) is 0 Å². The largest absolute Gasteiger partial charge is 0.381 e. The quantitative estimate of drug-likeness (QED) is 0.266. The third-order valence-electron chi connectivity index (χ3n) is 6.11. The number of piperazine rings is 1. The Hall–Kier alpha value is -0.120. The van der Waals surface area contributed by atoms with Crippen LogP contribution in [0.1, 0.15) is 104 Å². The van der Waals surface area contributed by atoms with Crippen LogP contribution in [0.15, 0.2) is 0 Å². The molecule has 1 aliphatic heterocycles. The first-order valence-corrected chi connectivity index (χ1v) is 12.4. The first-order valence-electron chi connectivity index (χ1n) is 12.4. The van der Waals surface area contributed by atoms with Gasteiger partial charge in [-0.25, -0.2) is 0 Å². The van der Waals surface area contributed by atoms with Crippen molar-refractivity contribution >= 4 is 0 Å². The second-order valence-corrected chi connectivity index (χ2v) is 8.55. The van der Waals surface area contributed by atoms with Crippen LogP contribution in [0.25, 0.3) is 0 Å². The fourth-order valence-electron chi connectivity index (χ4n) is 4.22. The molecule has 1 rings (SSSR count). The van der Waals surface area contributed by atoms with Gasteiger partial charge in [0.15, 0.2) is 0 Å². The van der Waals surface area contributed by atoms with Crippen LogP contribution in [-0.2, 0) is 4.74 Å². The van der Waals surface area contributed by atoms with E-state index in [9.17, 15) is 0 Å². The average molecular weight is 383 g/mol. The minimum Gasteiger partial charge on any atom is -0.381 e. The summed E-state index contributed by atoms with van der Waals surface area (Å²) >= 11 is 0. The minimum absolute atomic E-state index is 0.849. The highest BCUT2D eigenvalue weighted by Crippen LogP contribution is 2.19. The molecule has 0 spiro atoms. The van der Waals surface area contributed by atoms with Crippen molar-refractivity contribution in [1.29, 1.82) is 0 Å². The summed E-state index contributed by atoms with van der Waals surface area (Å²) in [6, 6.07) is 0.849. The molecule has 0 saturated carbocycles. The molecule has 0 aromatic rings. The van der Waals surface area contributed by atoms with Gasteiger partial charge in [0.1, 0.15) is 0 Å². The molecule has 0 bridgehead atoms. The smallest absolute Gasteiger partial charge is 0.0466 e. The molecule has 0 atom stereocenters. The van der Waals surface area contributed by atoms with Gasteiger partial charge >= 0.3 is 0 Å². The van der Waals surface area contributed by atoms with E-state index in [1.54, 1.807) is 0 Å². The maximum atomic E-state index is 5.74. The molecule has 162 valence electrons. The molecule has 0 aliphatic carbocycles. The fourth-order valence-corrected chi connectivity index (χ4v) is 4.22. The molecule has 1 fully saturated rings. The Labute approximate surface area is 171 Å². The fraction of sp³-hybridized carbons (Fsp3) is 1.00. The van der Waals surface area contributed by atoms with E-state index in [2.05, 4.69) is 30.6 Å². The standard InChI is InChI=1S/C24H50N2O/c1-4-7-10-15-24(16-11-8-5-2)26-20-18-25(19-21-26)17-12-14-23-27-22-13-9-6-3/h24H,4-23H2,1-3H3. The maximum absolute atomic E-state index is 5.74. The number of nitrogens with zero attached hydrogens (tertiary/aromatic N) is 2. The zero-order valence-corrected chi connectivity index (χ0v) is 19.0. The molecule has 1 saturated heterocycles. The summed E-state index contributed by atoms with van der Waals surface area (Å²) in [5, 5.41) is 0. The Morgan fingerprint density at radius 2 is 1.15 bits per heavy atom. The van der Waals surface area contributed by atoms with Crippen molar-refractivity contribution < 1.29 is 4.74 Å². The Balaban J connectivity index is 2.13. The summed E-state index contributed by atoms with van der Waals surface area (Å²) in [7, 11) is 0. The van der Waals surface area contributed by atoms with E-state index in [-0.39, 0.29) is 0 Å². The minimum atomic E-state index is 0.849. The van der Waals surface area contributed by atoms with Crippen LogP contribution in [0.5, 0.6) is 0 Å². The van der Waals surface area contributed by atoms with Crippen molar-refractivity contribution in [2.75, 3.05) is 45.9 Å². The van der Waals surface area contributed by atoms with Gasteiger partial charge in [-0.2, -0.15) is 0 Å². The predicted molar refractivity (Wildman–Crippen MR) is 120 cm³/mol. The summed E-state index contributed by atoms with van der Waals surface area (Å²) in [6.45, 7) is 15.2. The second kappa shape index (κ2) is 17.9. The molecule has 0 N–H and O–H groups in total. The van der Waals surface area contributed by atoms with Crippen molar-refractivity contribution in [3.05, 3.63) is 0 Å². The van der Waals surface area contributed by atoms with E-state index >= 15 is 0 Å². The third-order valence-corrected chi connectivity index (χ3v) is 6.11. The van der Waals surface area contributed by atoms with Gasteiger partial charge in [0, 0.05) is 45.4 Å². The third kappa shape index (κ3) is 12.9. The summed E-state index contributed by atoms with van der Waals surface area (Å²) < 4.78 is 5.74. The van der Waals surface area contributed by atoms with E-state index in [0.29, 0.717) is 0 Å². The number of hydrogen-bond donors (Lipinski definition) is 0. The van der Waals surface area contributed by atoms with Gasteiger partial charge < -0.3 is 9.64 Å². The average Bonchev–Trinajstić information content (AvgIpc) is 2.69. The number of hydrogen-bond acceptors (Lipinski definition) is 3. The van der Waals surface area contributed by atoms with Crippen LogP contribution in [0, 0.1) is 0 Å². The molecule has 0 radical (unpaired) electrons. The highest BCUT2D eigenvalue weighted by atomic mass is 16.5. The van der Waals surface area contributed by atoms with E-state index in [4.69, 9.17) is 4.74 Å². The van der Waals surface area contributed by atoms with Crippen molar-refractivity contribution in [2.45, 2.75) is 110 Å². The monoisotopic (exact) mass is 382 g/mol. The van der Waals surface area contributed by atoms with Crippen LogP contribution in [0.3, 0.4) is 0 Å². The predicted octanol–water partition coefficient (Wildman–Crippen LogP) is 6.12. The van der Waals surface area contributed by atoms with E-state index < -0.39 is 0 Å². The van der Waals surface area contributed by atoms with E-state index in [0.717, 1.165) is 19.3 Å². The number of rotatable bonds is 18. The van der Waals surface area contributed by atoms with E-state index in [1.165, 1.54) is 116 Å². The number of unbranched alkanes of at least 4 members (excludes halogenated alkanes) is 7.